The number of hydrazone groups is 1. The highest BCUT2D eigenvalue weighted by Crippen LogP contribution is 2.33. The third kappa shape index (κ3) is 4.86. The second kappa shape index (κ2) is 8.88. The van der Waals surface area contributed by atoms with Crippen molar-refractivity contribution >= 4 is 29.4 Å². The molecule has 11 nitrogen and oxygen atoms in total. The summed E-state index contributed by atoms with van der Waals surface area (Å²) < 4.78 is 41.9. The normalized spacial score (nSPS) is 16.8. The van der Waals surface area contributed by atoms with Crippen LogP contribution in [-0.2, 0) is 12.7 Å². The van der Waals surface area contributed by atoms with E-state index >= 15 is 0 Å². The van der Waals surface area contributed by atoms with Gasteiger partial charge in [-0.2, -0.15) is 23.0 Å². The maximum atomic E-state index is 13.7. The predicted molar refractivity (Wildman–Crippen MR) is 109 cm³/mol. The predicted octanol–water partition coefficient (Wildman–Crippen LogP) is 1.31. The molecule has 0 bridgehead atoms. The molecule has 33 heavy (non-hydrogen) atoms. The molecule has 3 heterocycles. The zero-order valence-electron chi connectivity index (χ0n) is 16.9. The van der Waals surface area contributed by atoms with Gasteiger partial charge in [0.1, 0.15) is 0 Å². The number of aromatic nitrogens is 2. The number of carboxylic acids is 1. The van der Waals surface area contributed by atoms with Gasteiger partial charge >= 0.3 is 18.2 Å². The van der Waals surface area contributed by atoms with Gasteiger partial charge in [-0.1, -0.05) is 23.7 Å². The van der Waals surface area contributed by atoms with Crippen LogP contribution < -0.4 is 16.5 Å². The van der Waals surface area contributed by atoms with Gasteiger partial charge in [-0.25, -0.2) is 15.1 Å². The Bertz CT molecular complexity index is 1110. The molecular formula is C18H18ClF3N8O3. The number of hydrazine groups is 2. The van der Waals surface area contributed by atoms with E-state index in [2.05, 4.69) is 26.7 Å². The molecule has 0 atom stereocenters. The number of piperazine rings is 1. The van der Waals surface area contributed by atoms with Crippen LogP contribution in [0.1, 0.15) is 27.2 Å². The minimum absolute atomic E-state index is 0.0460. The fraction of sp³-hybridized carbons (Fsp3) is 0.333. The van der Waals surface area contributed by atoms with Crippen molar-refractivity contribution < 1.29 is 27.9 Å². The van der Waals surface area contributed by atoms with Crippen LogP contribution >= 0.6 is 11.6 Å². The second-order valence-electron chi connectivity index (χ2n) is 7.31. The van der Waals surface area contributed by atoms with Gasteiger partial charge in [-0.3, -0.25) is 10.3 Å². The van der Waals surface area contributed by atoms with E-state index in [0.717, 1.165) is 16.9 Å². The SMILES string of the molecule is O=C(O)c1nn(C(=O)N2CCN(Cc3ccc(C4=NNNN4)cc3C(F)(F)F)CC2)cc1Cl. The molecule has 1 fully saturated rings. The van der Waals surface area contributed by atoms with Crippen molar-refractivity contribution in [3.8, 4) is 0 Å². The molecule has 4 N–H and O–H groups in total. The number of benzene rings is 1. The van der Waals surface area contributed by atoms with Crippen molar-refractivity contribution in [1.82, 2.24) is 36.1 Å². The van der Waals surface area contributed by atoms with Gasteiger partial charge in [0.25, 0.3) is 0 Å². The molecule has 1 aromatic heterocycles. The number of carbonyl (C=O) groups is 2. The van der Waals surface area contributed by atoms with E-state index in [1.165, 1.54) is 11.0 Å². The molecule has 0 aliphatic carbocycles. The molecule has 0 unspecified atom stereocenters. The lowest BCUT2D eigenvalue weighted by molar-refractivity contribution is -0.138. The average Bonchev–Trinajstić information content (AvgIpc) is 3.43. The van der Waals surface area contributed by atoms with Crippen molar-refractivity contribution in [2.75, 3.05) is 26.2 Å². The van der Waals surface area contributed by atoms with E-state index in [1.54, 1.807) is 11.0 Å². The summed E-state index contributed by atoms with van der Waals surface area (Å²) in [4.78, 5) is 26.9. The third-order valence-corrected chi connectivity index (χ3v) is 5.47. The van der Waals surface area contributed by atoms with Gasteiger partial charge in [-0.15, -0.1) is 10.6 Å². The number of nitrogens with one attached hydrogen (secondary N) is 3. The molecule has 0 saturated carbocycles. The van der Waals surface area contributed by atoms with Crippen LogP contribution in [0, 0.1) is 0 Å². The van der Waals surface area contributed by atoms with E-state index in [0.29, 0.717) is 13.1 Å². The van der Waals surface area contributed by atoms with Crippen LogP contribution in [-0.4, -0.2) is 68.7 Å². The molecule has 0 spiro atoms. The highest BCUT2D eigenvalue weighted by atomic mass is 35.5. The molecule has 0 radical (unpaired) electrons. The first-order chi connectivity index (χ1) is 15.6. The van der Waals surface area contributed by atoms with Crippen LogP contribution in [0.15, 0.2) is 29.5 Å². The summed E-state index contributed by atoms with van der Waals surface area (Å²) in [5.41, 5.74) is 6.69. The minimum atomic E-state index is -4.55. The Labute approximate surface area is 189 Å². The Morgan fingerprint density at radius 2 is 1.91 bits per heavy atom. The number of rotatable bonds is 4. The highest BCUT2D eigenvalue weighted by molar-refractivity contribution is 6.33. The van der Waals surface area contributed by atoms with Crippen molar-refractivity contribution in [3.05, 3.63) is 51.8 Å². The Morgan fingerprint density at radius 1 is 1.18 bits per heavy atom. The van der Waals surface area contributed by atoms with E-state index < -0.39 is 29.4 Å². The molecule has 2 aliphatic rings. The smallest absolute Gasteiger partial charge is 0.416 e. The van der Waals surface area contributed by atoms with Crippen molar-refractivity contribution in [3.63, 3.8) is 0 Å². The van der Waals surface area contributed by atoms with Crippen molar-refractivity contribution in [1.29, 1.82) is 0 Å². The Hall–Kier alpha value is -3.36. The first-order valence-corrected chi connectivity index (χ1v) is 10.1. The topological polar surface area (TPSA) is 127 Å². The lowest BCUT2D eigenvalue weighted by atomic mass is 10.0. The van der Waals surface area contributed by atoms with Gasteiger partial charge in [0.2, 0.25) is 0 Å². The summed E-state index contributed by atoms with van der Waals surface area (Å²) in [5, 5.41) is 16.4. The minimum Gasteiger partial charge on any atom is -0.476 e. The molecule has 1 saturated heterocycles. The first kappa shape index (κ1) is 22.8. The number of alkyl halides is 3. The molecule has 4 rings (SSSR count). The van der Waals surface area contributed by atoms with E-state index in [-0.39, 0.29) is 41.6 Å². The Balaban J connectivity index is 1.43. The molecule has 15 heteroatoms. The van der Waals surface area contributed by atoms with E-state index in [9.17, 15) is 22.8 Å². The average molecular weight is 487 g/mol. The lowest BCUT2D eigenvalue weighted by Gasteiger charge is -2.34. The molecule has 2 aromatic rings. The number of carboxylic acid groups (broad SMARTS) is 1. The van der Waals surface area contributed by atoms with Crippen molar-refractivity contribution in [2.24, 2.45) is 5.10 Å². The Kier molecular flexibility index (Phi) is 6.14. The zero-order valence-corrected chi connectivity index (χ0v) is 17.6. The number of carbonyl (C=O) groups excluding carboxylic acids is 1. The largest absolute Gasteiger partial charge is 0.476 e. The molecular weight excluding hydrogens is 469 g/mol. The lowest BCUT2D eigenvalue weighted by Crippen LogP contribution is -2.49. The summed E-state index contributed by atoms with van der Waals surface area (Å²) in [6, 6.07) is 3.44. The number of amidine groups is 1. The number of hydrogen-bond acceptors (Lipinski definition) is 8. The van der Waals surface area contributed by atoms with Gasteiger partial charge in [0.15, 0.2) is 11.5 Å². The van der Waals surface area contributed by atoms with Crippen LogP contribution in [0.25, 0.3) is 0 Å². The first-order valence-electron chi connectivity index (χ1n) is 9.68. The van der Waals surface area contributed by atoms with Gasteiger partial charge in [0.05, 0.1) is 16.8 Å². The summed E-state index contributed by atoms with van der Waals surface area (Å²) >= 11 is 5.79. The third-order valence-electron chi connectivity index (χ3n) is 5.20. The molecule has 1 amide bonds. The van der Waals surface area contributed by atoms with Crippen LogP contribution in [0.3, 0.4) is 0 Å². The van der Waals surface area contributed by atoms with E-state index in [1.807, 2.05) is 0 Å². The highest BCUT2D eigenvalue weighted by Gasteiger charge is 2.35. The second-order valence-corrected chi connectivity index (χ2v) is 7.72. The maximum absolute atomic E-state index is 13.7. The summed E-state index contributed by atoms with van der Waals surface area (Å²) in [5.74, 6) is -1.12. The zero-order chi connectivity index (χ0) is 23.8. The summed E-state index contributed by atoms with van der Waals surface area (Å²) in [6.45, 7) is 1.16. The quantitative estimate of drug-likeness (QED) is 0.509. The van der Waals surface area contributed by atoms with Gasteiger partial charge in [0, 0.05) is 38.3 Å². The standard InChI is InChI=1S/C18H18ClF3N8O3/c19-13-9-30(25-14(13)16(31)32)17(33)29-5-3-28(4-6-29)8-11-2-1-10(15-23-26-27-24-15)7-12(11)18(20,21)22/h1-2,7,9,26-27H,3-6,8H2,(H,23,24)(H,31,32). The molecule has 1 aromatic carbocycles. The molecule has 176 valence electrons. The van der Waals surface area contributed by atoms with Crippen LogP contribution in [0.4, 0.5) is 18.0 Å². The maximum Gasteiger partial charge on any atom is 0.416 e. The number of amides is 1. The molecule has 2 aliphatic heterocycles. The van der Waals surface area contributed by atoms with Crippen LogP contribution in [0.5, 0.6) is 0 Å². The van der Waals surface area contributed by atoms with Gasteiger partial charge in [-0.05, 0) is 11.6 Å². The fourth-order valence-electron chi connectivity index (χ4n) is 3.54. The van der Waals surface area contributed by atoms with Crippen molar-refractivity contribution in [2.45, 2.75) is 12.7 Å². The van der Waals surface area contributed by atoms with Crippen LogP contribution in [0.2, 0.25) is 5.02 Å². The number of nitrogens with zero attached hydrogens (tertiary/aromatic N) is 5. The van der Waals surface area contributed by atoms with Gasteiger partial charge < -0.3 is 10.0 Å². The fourth-order valence-corrected chi connectivity index (χ4v) is 3.75. The van der Waals surface area contributed by atoms with E-state index in [4.69, 9.17) is 16.7 Å². The summed E-state index contributed by atoms with van der Waals surface area (Å²) in [6.07, 6.45) is -3.43. The monoisotopic (exact) mass is 486 g/mol. The number of hydrogen-bond donors (Lipinski definition) is 4. The number of aromatic carboxylic acids is 1. The Morgan fingerprint density at radius 3 is 2.48 bits per heavy atom. The number of halogens is 4. The summed E-state index contributed by atoms with van der Waals surface area (Å²) in [7, 11) is 0.